The highest BCUT2D eigenvalue weighted by atomic mass is 16.5. The van der Waals surface area contributed by atoms with Gasteiger partial charge in [0.15, 0.2) is 23.0 Å². The van der Waals surface area contributed by atoms with Crippen LogP contribution in [0, 0.1) is 11.8 Å². The van der Waals surface area contributed by atoms with E-state index in [4.69, 9.17) is 9.47 Å². The molecule has 1 heterocycles. The molecule has 48 heavy (non-hydrogen) atoms. The number of ketones is 1. The Morgan fingerprint density at radius 2 is 1.40 bits per heavy atom. The normalized spacial score (nSPS) is 15.3. The quantitative estimate of drug-likeness (QED) is 0.0926. The topological polar surface area (TPSA) is 112 Å². The zero-order valence-corrected chi connectivity index (χ0v) is 27.5. The summed E-state index contributed by atoms with van der Waals surface area (Å²) in [5.74, 6) is 0.342. The molecule has 0 unspecified atom stereocenters. The first kappa shape index (κ1) is 33.2. The van der Waals surface area contributed by atoms with E-state index in [1.54, 1.807) is 18.2 Å². The molecule has 1 fully saturated rings. The third-order valence-electron chi connectivity index (χ3n) is 9.71. The van der Waals surface area contributed by atoms with Crippen LogP contribution in [-0.2, 0) is 30.5 Å². The number of nitrogens with one attached hydrogen (secondary N) is 1. The fourth-order valence-corrected chi connectivity index (χ4v) is 7.02. The Morgan fingerprint density at radius 3 is 2.10 bits per heavy atom. The Kier molecular flexibility index (Phi) is 10.7. The fourth-order valence-electron chi connectivity index (χ4n) is 7.02. The van der Waals surface area contributed by atoms with Crippen molar-refractivity contribution in [2.75, 3.05) is 7.11 Å². The Hall–Kier alpha value is -4.75. The van der Waals surface area contributed by atoms with Crippen LogP contribution >= 0.6 is 0 Å². The number of carbonyl (C=O) groups excluding carboxylic acids is 1. The second kappa shape index (κ2) is 15.4. The van der Waals surface area contributed by atoms with Gasteiger partial charge in [0.05, 0.1) is 19.3 Å². The van der Waals surface area contributed by atoms with Crippen molar-refractivity contribution in [1.29, 1.82) is 0 Å². The van der Waals surface area contributed by atoms with Crippen LogP contribution in [0.3, 0.4) is 0 Å². The average molecular weight is 648 g/mol. The lowest BCUT2D eigenvalue weighted by molar-refractivity contribution is -0.125. The van der Waals surface area contributed by atoms with Gasteiger partial charge in [-0.1, -0.05) is 54.6 Å². The number of fused-ring (bicyclic) bond motifs is 1. The van der Waals surface area contributed by atoms with E-state index in [1.807, 2.05) is 48.8 Å². The average Bonchev–Trinajstić information content (AvgIpc) is 3.81. The molecule has 5 aromatic rings. The fraction of sp³-hybridized carbons (Fsp3) is 0.341. The maximum atomic E-state index is 14.2. The summed E-state index contributed by atoms with van der Waals surface area (Å²) in [4.78, 5) is 17.3. The highest BCUT2D eigenvalue weighted by Gasteiger charge is 2.28. The number of rotatable bonds is 15. The lowest BCUT2D eigenvalue weighted by Gasteiger charge is -2.25. The van der Waals surface area contributed by atoms with Crippen LogP contribution in [0.4, 0.5) is 0 Å². The zero-order chi connectivity index (χ0) is 33.5. The van der Waals surface area contributed by atoms with E-state index in [-0.39, 0.29) is 35.7 Å². The van der Waals surface area contributed by atoms with Crippen molar-refractivity contribution >= 4 is 16.6 Å². The number of aromatic amines is 1. The van der Waals surface area contributed by atoms with Gasteiger partial charge in [-0.25, -0.2) is 0 Å². The van der Waals surface area contributed by atoms with Gasteiger partial charge in [0.1, 0.15) is 5.78 Å². The molecule has 1 aromatic heterocycles. The molecular formula is C41H45NO6. The van der Waals surface area contributed by atoms with Gasteiger partial charge in [-0.15, -0.1) is 0 Å². The highest BCUT2D eigenvalue weighted by molar-refractivity contribution is 5.84. The molecule has 1 aliphatic rings. The lowest BCUT2D eigenvalue weighted by atomic mass is 9.82. The number of aromatic hydroxyl groups is 2. The van der Waals surface area contributed by atoms with Crippen LogP contribution in [0.2, 0.25) is 0 Å². The van der Waals surface area contributed by atoms with Crippen LogP contribution in [0.25, 0.3) is 10.8 Å². The van der Waals surface area contributed by atoms with Gasteiger partial charge in [-0.2, -0.15) is 0 Å². The number of benzene rings is 4. The molecule has 250 valence electrons. The van der Waals surface area contributed by atoms with Gasteiger partial charge in [-0.05, 0) is 121 Å². The summed E-state index contributed by atoms with van der Waals surface area (Å²) in [7, 11) is 1.51. The molecule has 0 saturated heterocycles. The molecule has 4 N–H and O–H groups in total. The van der Waals surface area contributed by atoms with E-state index in [0.29, 0.717) is 37.2 Å². The number of ether oxygens (including phenoxy) is 2. The first-order valence-electron chi connectivity index (χ1n) is 17.0. The largest absolute Gasteiger partial charge is 0.504 e. The summed E-state index contributed by atoms with van der Waals surface area (Å²) in [5.41, 5.74) is 3.92. The van der Waals surface area contributed by atoms with Gasteiger partial charge in [0.2, 0.25) is 0 Å². The monoisotopic (exact) mass is 647 g/mol. The van der Waals surface area contributed by atoms with Crippen LogP contribution < -0.4 is 9.47 Å². The minimum absolute atomic E-state index is 0.00602. The van der Waals surface area contributed by atoms with Crippen molar-refractivity contribution in [3.05, 3.63) is 120 Å². The Labute approximate surface area is 282 Å². The number of aromatic nitrogens is 1. The van der Waals surface area contributed by atoms with Crippen LogP contribution in [0.15, 0.2) is 97.3 Å². The first-order chi connectivity index (χ1) is 23.3. The summed E-state index contributed by atoms with van der Waals surface area (Å²) in [6, 6.07) is 27.1. The predicted molar refractivity (Wildman–Crippen MR) is 188 cm³/mol. The Balaban J connectivity index is 1.23. The summed E-state index contributed by atoms with van der Waals surface area (Å²) in [6.07, 6.45) is 9.30. The molecule has 0 amide bonds. The number of aliphatic hydroxyl groups is 1. The minimum Gasteiger partial charge on any atom is -0.504 e. The number of hydrogen-bond donors (Lipinski definition) is 4. The SMILES string of the molecule is COc1cc(C[C@@H](Cc2ccc3ccccc3c2)C(=O)C[C@@H](O)[C@H](Cc2cc[nH]c2)Cc2ccc(O)c(OC3CCCC3)c2)ccc1O. The summed E-state index contributed by atoms with van der Waals surface area (Å²) >= 11 is 0. The van der Waals surface area contributed by atoms with E-state index in [1.165, 1.54) is 7.11 Å². The van der Waals surface area contributed by atoms with Gasteiger partial charge < -0.3 is 29.8 Å². The van der Waals surface area contributed by atoms with Crippen LogP contribution in [0.1, 0.15) is 54.4 Å². The van der Waals surface area contributed by atoms with Crippen molar-refractivity contribution in [2.45, 2.75) is 70.0 Å². The summed E-state index contributed by atoms with van der Waals surface area (Å²) < 4.78 is 11.5. The number of aliphatic hydroxyl groups excluding tert-OH is 1. The third-order valence-corrected chi connectivity index (χ3v) is 9.71. The molecule has 7 heteroatoms. The number of Topliss-reactive ketones (excluding diaryl/α,β-unsaturated/α-hetero) is 1. The van der Waals surface area contributed by atoms with Crippen molar-refractivity contribution in [3.8, 4) is 23.0 Å². The van der Waals surface area contributed by atoms with E-state index < -0.39 is 12.0 Å². The summed E-state index contributed by atoms with van der Waals surface area (Å²) in [6.45, 7) is 0. The van der Waals surface area contributed by atoms with Gasteiger partial charge in [0, 0.05) is 24.7 Å². The Morgan fingerprint density at radius 1 is 0.771 bits per heavy atom. The second-order valence-corrected chi connectivity index (χ2v) is 13.2. The molecule has 1 aliphatic carbocycles. The van der Waals surface area contributed by atoms with Gasteiger partial charge >= 0.3 is 0 Å². The van der Waals surface area contributed by atoms with Crippen molar-refractivity contribution < 1.29 is 29.6 Å². The number of carbonyl (C=O) groups is 1. The lowest BCUT2D eigenvalue weighted by Crippen LogP contribution is -2.31. The standard InChI is InChI=1S/C41H45NO6/c1-47-40-23-28(11-14-36(40)43)20-33(19-27-10-13-31-6-2-3-7-32(31)18-27)38(45)25-39(46)34(22-30-16-17-42-26-30)21-29-12-15-37(44)41(24-29)48-35-8-4-5-9-35/h2-3,6-7,10-18,23-24,26,33-35,39,42-44,46H,4-5,8-9,19-22,25H2,1H3/t33-,34+,39-/m1/s1. The Bertz CT molecular complexity index is 1810. The maximum Gasteiger partial charge on any atom is 0.161 e. The number of H-pyrrole nitrogens is 1. The maximum absolute atomic E-state index is 14.2. The molecule has 1 saturated carbocycles. The van der Waals surface area contributed by atoms with Gasteiger partial charge in [0.25, 0.3) is 0 Å². The van der Waals surface area contributed by atoms with Crippen molar-refractivity contribution in [3.63, 3.8) is 0 Å². The van der Waals surface area contributed by atoms with Crippen LogP contribution in [-0.4, -0.2) is 45.4 Å². The molecule has 0 spiro atoms. The zero-order valence-electron chi connectivity index (χ0n) is 27.5. The molecule has 7 nitrogen and oxygen atoms in total. The molecule has 0 aliphatic heterocycles. The van der Waals surface area contributed by atoms with E-state index in [9.17, 15) is 20.1 Å². The molecule has 0 bridgehead atoms. The predicted octanol–water partition coefficient (Wildman–Crippen LogP) is 7.73. The number of hydrogen-bond acceptors (Lipinski definition) is 6. The molecule has 0 radical (unpaired) electrons. The number of methoxy groups -OCH3 is 1. The minimum atomic E-state index is -0.895. The summed E-state index contributed by atoms with van der Waals surface area (Å²) in [5, 5.41) is 34.7. The third kappa shape index (κ3) is 8.39. The van der Waals surface area contributed by atoms with Crippen molar-refractivity contribution in [1.82, 2.24) is 4.98 Å². The number of phenolic OH excluding ortho intramolecular Hbond substituents is 2. The molecular weight excluding hydrogens is 602 g/mol. The van der Waals surface area contributed by atoms with E-state index in [0.717, 1.165) is 58.7 Å². The first-order valence-corrected chi connectivity index (χ1v) is 17.0. The molecule has 6 rings (SSSR count). The van der Waals surface area contributed by atoms with E-state index in [2.05, 4.69) is 35.3 Å². The highest BCUT2D eigenvalue weighted by Crippen LogP contribution is 2.34. The number of phenols is 2. The van der Waals surface area contributed by atoms with Crippen LogP contribution in [0.5, 0.6) is 23.0 Å². The van der Waals surface area contributed by atoms with Gasteiger partial charge in [-0.3, -0.25) is 4.79 Å². The van der Waals surface area contributed by atoms with Crippen molar-refractivity contribution in [2.24, 2.45) is 11.8 Å². The second-order valence-electron chi connectivity index (χ2n) is 13.2. The van der Waals surface area contributed by atoms with E-state index >= 15 is 0 Å². The molecule has 3 atom stereocenters. The smallest absolute Gasteiger partial charge is 0.161 e. The molecule has 4 aromatic carbocycles.